The lowest BCUT2D eigenvalue weighted by molar-refractivity contribution is 0.414. The van der Waals surface area contributed by atoms with E-state index < -0.39 is 0 Å². The van der Waals surface area contributed by atoms with Gasteiger partial charge in [-0.05, 0) is 36.2 Å². The summed E-state index contributed by atoms with van der Waals surface area (Å²) in [6.07, 6.45) is 4.96. The molecule has 2 heterocycles. The Morgan fingerprint density at radius 2 is 1.95 bits per heavy atom. The van der Waals surface area contributed by atoms with Gasteiger partial charge >= 0.3 is 0 Å². The second-order valence-corrected chi connectivity index (χ2v) is 4.68. The van der Waals surface area contributed by atoms with Gasteiger partial charge < -0.3 is 9.14 Å². The fourth-order valence-corrected chi connectivity index (χ4v) is 2.24. The van der Waals surface area contributed by atoms with Gasteiger partial charge in [-0.25, -0.2) is 4.98 Å². The van der Waals surface area contributed by atoms with E-state index in [0.717, 1.165) is 23.5 Å². The van der Waals surface area contributed by atoms with E-state index in [4.69, 9.17) is 4.74 Å². The average Bonchev–Trinajstić information content (AvgIpc) is 2.84. The lowest BCUT2D eigenvalue weighted by atomic mass is 10.1. The molecule has 2 aromatic heterocycles. The van der Waals surface area contributed by atoms with E-state index in [9.17, 15) is 0 Å². The van der Waals surface area contributed by atoms with Gasteiger partial charge in [0.05, 0.1) is 12.8 Å². The molecule has 96 valence electrons. The summed E-state index contributed by atoms with van der Waals surface area (Å²) in [6, 6.07) is 12.2. The molecule has 19 heavy (non-hydrogen) atoms. The first kappa shape index (κ1) is 11.8. The number of rotatable bonds is 3. The summed E-state index contributed by atoms with van der Waals surface area (Å²) in [5.74, 6) is 0.884. The van der Waals surface area contributed by atoms with Crippen LogP contribution in [0.25, 0.3) is 5.65 Å². The summed E-state index contributed by atoms with van der Waals surface area (Å²) in [6.45, 7) is 2.08. The molecule has 3 heteroatoms. The number of pyridine rings is 1. The van der Waals surface area contributed by atoms with E-state index in [2.05, 4.69) is 40.7 Å². The third-order valence-electron chi connectivity index (χ3n) is 3.27. The molecule has 0 saturated heterocycles. The maximum absolute atomic E-state index is 5.16. The molecule has 0 atom stereocenters. The molecule has 0 saturated carbocycles. The number of hydrogen-bond acceptors (Lipinski definition) is 2. The van der Waals surface area contributed by atoms with Crippen LogP contribution in [0.1, 0.15) is 16.8 Å². The molecular weight excluding hydrogens is 236 g/mol. The van der Waals surface area contributed by atoms with Crippen molar-refractivity contribution in [2.45, 2.75) is 13.3 Å². The SMILES string of the molecule is COc1ccc(Cc2cn3cccc(C)c3n2)cc1. The van der Waals surface area contributed by atoms with Gasteiger partial charge in [-0.3, -0.25) is 0 Å². The highest BCUT2D eigenvalue weighted by Gasteiger charge is 2.04. The van der Waals surface area contributed by atoms with Crippen LogP contribution < -0.4 is 4.74 Å². The highest BCUT2D eigenvalue weighted by Crippen LogP contribution is 2.16. The predicted octanol–water partition coefficient (Wildman–Crippen LogP) is 3.24. The van der Waals surface area contributed by atoms with Crippen molar-refractivity contribution in [2.24, 2.45) is 0 Å². The monoisotopic (exact) mass is 252 g/mol. The summed E-state index contributed by atoms with van der Waals surface area (Å²) in [5, 5.41) is 0. The number of methoxy groups -OCH3 is 1. The number of aryl methyl sites for hydroxylation is 1. The van der Waals surface area contributed by atoms with Gasteiger partial charge in [0.15, 0.2) is 0 Å². The molecule has 0 bridgehead atoms. The van der Waals surface area contributed by atoms with Crippen LogP contribution in [-0.4, -0.2) is 16.5 Å². The number of ether oxygens (including phenoxy) is 1. The van der Waals surface area contributed by atoms with E-state index in [1.54, 1.807) is 7.11 Å². The van der Waals surface area contributed by atoms with Crippen LogP contribution in [0.5, 0.6) is 5.75 Å². The molecule has 0 aliphatic carbocycles. The summed E-state index contributed by atoms with van der Waals surface area (Å²) in [4.78, 5) is 4.68. The molecule has 1 aromatic carbocycles. The van der Waals surface area contributed by atoms with Crippen LogP contribution in [0, 0.1) is 6.92 Å². The first-order valence-electron chi connectivity index (χ1n) is 6.32. The van der Waals surface area contributed by atoms with Crippen molar-refractivity contribution in [1.82, 2.24) is 9.38 Å². The Kier molecular flexibility index (Phi) is 2.95. The molecule has 0 spiro atoms. The number of aromatic nitrogens is 2. The highest BCUT2D eigenvalue weighted by molar-refractivity contribution is 5.48. The third-order valence-corrected chi connectivity index (χ3v) is 3.27. The Labute approximate surface area is 112 Å². The van der Waals surface area contributed by atoms with Crippen LogP contribution in [0.4, 0.5) is 0 Å². The molecule has 0 unspecified atom stereocenters. The Balaban J connectivity index is 1.90. The van der Waals surface area contributed by atoms with Crippen molar-refractivity contribution in [3.63, 3.8) is 0 Å². The minimum atomic E-state index is 0.838. The van der Waals surface area contributed by atoms with E-state index in [-0.39, 0.29) is 0 Å². The van der Waals surface area contributed by atoms with Crippen molar-refractivity contribution in [2.75, 3.05) is 7.11 Å². The van der Waals surface area contributed by atoms with E-state index in [0.29, 0.717) is 0 Å². The maximum atomic E-state index is 5.16. The van der Waals surface area contributed by atoms with Crippen molar-refractivity contribution < 1.29 is 4.74 Å². The van der Waals surface area contributed by atoms with E-state index in [1.165, 1.54) is 11.1 Å². The Morgan fingerprint density at radius 1 is 1.16 bits per heavy atom. The van der Waals surface area contributed by atoms with Gasteiger partial charge in [-0.2, -0.15) is 0 Å². The van der Waals surface area contributed by atoms with Crippen LogP contribution >= 0.6 is 0 Å². The fourth-order valence-electron chi connectivity index (χ4n) is 2.24. The van der Waals surface area contributed by atoms with Gasteiger partial charge in [0.2, 0.25) is 0 Å². The maximum Gasteiger partial charge on any atom is 0.139 e. The Bertz CT molecular complexity index is 698. The van der Waals surface area contributed by atoms with Gasteiger partial charge in [-0.1, -0.05) is 18.2 Å². The molecule has 0 fully saturated rings. The molecule has 0 aliphatic heterocycles. The second kappa shape index (κ2) is 4.76. The normalized spacial score (nSPS) is 10.8. The van der Waals surface area contributed by atoms with Crippen LogP contribution in [0.3, 0.4) is 0 Å². The number of nitrogens with zero attached hydrogens (tertiary/aromatic N) is 2. The van der Waals surface area contributed by atoms with Crippen molar-refractivity contribution in [3.05, 3.63) is 65.6 Å². The zero-order valence-electron chi connectivity index (χ0n) is 11.1. The average molecular weight is 252 g/mol. The lowest BCUT2D eigenvalue weighted by Gasteiger charge is -2.01. The minimum absolute atomic E-state index is 0.838. The molecule has 3 nitrogen and oxygen atoms in total. The van der Waals surface area contributed by atoms with E-state index >= 15 is 0 Å². The number of imidazole rings is 1. The summed E-state index contributed by atoms with van der Waals surface area (Å²) >= 11 is 0. The third kappa shape index (κ3) is 2.32. The zero-order chi connectivity index (χ0) is 13.2. The van der Waals surface area contributed by atoms with Gasteiger partial charge in [0, 0.05) is 18.8 Å². The Morgan fingerprint density at radius 3 is 2.63 bits per heavy atom. The fraction of sp³-hybridized carbons (Fsp3) is 0.188. The van der Waals surface area contributed by atoms with Crippen molar-refractivity contribution >= 4 is 5.65 Å². The van der Waals surface area contributed by atoms with Gasteiger partial charge in [-0.15, -0.1) is 0 Å². The van der Waals surface area contributed by atoms with Crippen LogP contribution in [0.2, 0.25) is 0 Å². The highest BCUT2D eigenvalue weighted by atomic mass is 16.5. The van der Waals surface area contributed by atoms with Gasteiger partial charge in [0.25, 0.3) is 0 Å². The first-order chi connectivity index (χ1) is 9.26. The topological polar surface area (TPSA) is 26.5 Å². The summed E-state index contributed by atoms with van der Waals surface area (Å²) < 4.78 is 7.24. The number of benzene rings is 1. The second-order valence-electron chi connectivity index (χ2n) is 4.68. The largest absolute Gasteiger partial charge is 0.497 e. The number of hydrogen-bond donors (Lipinski definition) is 0. The molecular formula is C16H16N2O. The quantitative estimate of drug-likeness (QED) is 0.715. The summed E-state index contributed by atoms with van der Waals surface area (Å²) in [7, 11) is 1.68. The molecule has 0 aliphatic rings. The Hall–Kier alpha value is -2.29. The van der Waals surface area contributed by atoms with Crippen LogP contribution in [-0.2, 0) is 6.42 Å². The number of fused-ring (bicyclic) bond motifs is 1. The standard InChI is InChI=1S/C16H16N2O/c1-12-4-3-9-18-11-14(17-16(12)18)10-13-5-7-15(19-2)8-6-13/h3-9,11H,10H2,1-2H3. The smallest absolute Gasteiger partial charge is 0.139 e. The minimum Gasteiger partial charge on any atom is -0.497 e. The molecule has 0 radical (unpaired) electrons. The lowest BCUT2D eigenvalue weighted by Crippen LogP contribution is -1.89. The zero-order valence-corrected chi connectivity index (χ0v) is 11.1. The van der Waals surface area contributed by atoms with Crippen molar-refractivity contribution in [1.29, 1.82) is 0 Å². The van der Waals surface area contributed by atoms with E-state index in [1.807, 2.05) is 24.4 Å². The predicted molar refractivity (Wildman–Crippen MR) is 75.7 cm³/mol. The van der Waals surface area contributed by atoms with Gasteiger partial charge in [0.1, 0.15) is 11.4 Å². The molecule has 3 aromatic rings. The van der Waals surface area contributed by atoms with Crippen molar-refractivity contribution in [3.8, 4) is 5.75 Å². The van der Waals surface area contributed by atoms with Crippen LogP contribution in [0.15, 0.2) is 48.8 Å². The molecule has 0 N–H and O–H groups in total. The molecule has 0 amide bonds. The molecule has 3 rings (SSSR count). The summed E-state index contributed by atoms with van der Waals surface area (Å²) in [5.41, 5.74) is 4.55. The first-order valence-corrected chi connectivity index (χ1v) is 6.32.